The molecule has 98 valence electrons. The van der Waals surface area contributed by atoms with Crippen LogP contribution in [0.2, 0.25) is 0 Å². The number of rotatable bonds is 5. The van der Waals surface area contributed by atoms with E-state index in [9.17, 15) is 4.79 Å². The molecule has 2 unspecified atom stereocenters. The van der Waals surface area contributed by atoms with Gasteiger partial charge in [-0.15, -0.1) is 0 Å². The SMILES string of the molecule is CCC1CCCC(OC2(CC(=O)O)CCC2)C1. The van der Waals surface area contributed by atoms with E-state index in [1.165, 1.54) is 19.3 Å². The van der Waals surface area contributed by atoms with Crippen molar-refractivity contribution in [3.8, 4) is 0 Å². The van der Waals surface area contributed by atoms with Crippen molar-refractivity contribution >= 4 is 5.97 Å². The van der Waals surface area contributed by atoms with Gasteiger partial charge >= 0.3 is 5.97 Å². The molecule has 0 heterocycles. The number of aliphatic carboxylic acids is 1. The van der Waals surface area contributed by atoms with Crippen molar-refractivity contribution in [2.45, 2.75) is 76.4 Å². The van der Waals surface area contributed by atoms with Crippen molar-refractivity contribution in [3.05, 3.63) is 0 Å². The van der Waals surface area contributed by atoms with Gasteiger partial charge < -0.3 is 9.84 Å². The maximum Gasteiger partial charge on any atom is 0.306 e. The van der Waals surface area contributed by atoms with Crippen LogP contribution >= 0.6 is 0 Å². The predicted octanol–water partition coefficient (Wildman–Crippen LogP) is 3.37. The normalized spacial score (nSPS) is 31.8. The molecule has 0 aromatic rings. The van der Waals surface area contributed by atoms with Gasteiger partial charge in [0.15, 0.2) is 0 Å². The summed E-state index contributed by atoms with van der Waals surface area (Å²) in [4.78, 5) is 10.9. The summed E-state index contributed by atoms with van der Waals surface area (Å²) in [5.74, 6) is 0.0725. The average molecular weight is 240 g/mol. The molecule has 1 N–H and O–H groups in total. The van der Waals surface area contributed by atoms with Crippen LogP contribution in [0.15, 0.2) is 0 Å². The first-order valence-electron chi connectivity index (χ1n) is 7.03. The fraction of sp³-hybridized carbons (Fsp3) is 0.929. The Hall–Kier alpha value is -0.570. The Morgan fingerprint density at radius 3 is 2.65 bits per heavy atom. The Kier molecular flexibility index (Phi) is 4.08. The monoisotopic (exact) mass is 240 g/mol. The third kappa shape index (κ3) is 3.21. The van der Waals surface area contributed by atoms with Gasteiger partial charge in [-0.25, -0.2) is 0 Å². The third-order valence-corrected chi connectivity index (χ3v) is 4.47. The topological polar surface area (TPSA) is 46.5 Å². The molecule has 0 radical (unpaired) electrons. The molecule has 17 heavy (non-hydrogen) atoms. The molecule has 0 aliphatic heterocycles. The Morgan fingerprint density at radius 1 is 1.35 bits per heavy atom. The first-order chi connectivity index (χ1) is 8.13. The fourth-order valence-electron chi connectivity index (χ4n) is 3.26. The highest BCUT2D eigenvalue weighted by Crippen LogP contribution is 2.42. The molecule has 0 saturated heterocycles. The van der Waals surface area contributed by atoms with Crippen LogP contribution in [0.25, 0.3) is 0 Å². The molecule has 0 aromatic carbocycles. The lowest BCUT2D eigenvalue weighted by Gasteiger charge is -2.44. The minimum atomic E-state index is -0.715. The summed E-state index contributed by atoms with van der Waals surface area (Å²) in [7, 11) is 0. The number of hydrogen-bond donors (Lipinski definition) is 1. The Morgan fingerprint density at radius 2 is 2.12 bits per heavy atom. The van der Waals surface area contributed by atoms with Crippen LogP contribution in [-0.4, -0.2) is 22.8 Å². The van der Waals surface area contributed by atoms with Crippen molar-refractivity contribution in [2.75, 3.05) is 0 Å². The molecule has 2 aliphatic carbocycles. The van der Waals surface area contributed by atoms with E-state index in [4.69, 9.17) is 9.84 Å². The molecule has 2 aliphatic rings. The van der Waals surface area contributed by atoms with Gasteiger partial charge in [0.25, 0.3) is 0 Å². The van der Waals surface area contributed by atoms with E-state index in [1.54, 1.807) is 0 Å². The van der Waals surface area contributed by atoms with Crippen molar-refractivity contribution in [2.24, 2.45) is 5.92 Å². The van der Waals surface area contributed by atoms with E-state index in [0.29, 0.717) is 6.10 Å². The van der Waals surface area contributed by atoms with Crippen LogP contribution in [0.1, 0.15) is 64.7 Å². The number of carbonyl (C=O) groups is 1. The predicted molar refractivity (Wildman–Crippen MR) is 66.0 cm³/mol. The lowest BCUT2D eigenvalue weighted by molar-refractivity contribution is -0.172. The van der Waals surface area contributed by atoms with Crippen LogP contribution in [0.3, 0.4) is 0 Å². The van der Waals surface area contributed by atoms with E-state index < -0.39 is 5.97 Å². The number of hydrogen-bond acceptors (Lipinski definition) is 2. The number of carboxylic acids is 1. The second-order valence-electron chi connectivity index (χ2n) is 5.79. The summed E-state index contributed by atoms with van der Waals surface area (Å²) < 4.78 is 6.18. The molecule has 3 nitrogen and oxygen atoms in total. The molecule has 2 atom stereocenters. The molecular formula is C14H24O3. The molecule has 3 heteroatoms. The van der Waals surface area contributed by atoms with Gasteiger partial charge in [-0.2, -0.15) is 0 Å². The highest BCUT2D eigenvalue weighted by Gasteiger charge is 2.42. The molecule has 0 spiro atoms. The third-order valence-electron chi connectivity index (χ3n) is 4.47. The van der Waals surface area contributed by atoms with E-state index in [1.807, 2.05) is 0 Å². The first kappa shape index (κ1) is 12.9. The maximum absolute atomic E-state index is 10.9. The summed E-state index contributed by atoms with van der Waals surface area (Å²) >= 11 is 0. The van der Waals surface area contributed by atoms with Crippen LogP contribution in [-0.2, 0) is 9.53 Å². The Bertz CT molecular complexity index is 271. The van der Waals surface area contributed by atoms with Gasteiger partial charge in [0.1, 0.15) is 0 Å². The maximum atomic E-state index is 10.9. The van der Waals surface area contributed by atoms with Crippen LogP contribution < -0.4 is 0 Å². The lowest BCUT2D eigenvalue weighted by atomic mass is 9.76. The molecule has 0 bridgehead atoms. The van der Waals surface area contributed by atoms with Crippen LogP contribution in [0.5, 0.6) is 0 Å². The zero-order chi connectivity index (χ0) is 12.3. The van der Waals surface area contributed by atoms with Crippen LogP contribution in [0.4, 0.5) is 0 Å². The van der Waals surface area contributed by atoms with E-state index in [0.717, 1.165) is 38.0 Å². The van der Waals surface area contributed by atoms with Gasteiger partial charge in [-0.05, 0) is 38.0 Å². The summed E-state index contributed by atoms with van der Waals surface area (Å²) in [6.07, 6.45) is 9.56. The second kappa shape index (κ2) is 5.38. The van der Waals surface area contributed by atoms with E-state index in [2.05, 4.69) is 6.92 Å². The summed E-state index contributed by atoms with van der Waals surface area (Å²) in [6.45, 7) is 2.24. The van der Waals surface area contributed by atoms with Crippen molar-refractivity contribution in [1.29, 1.82) is 0 Å². The molecule has 2 saturated carbocycles. The lowest BCUT2D eigenvalue weighted by Crippen LogP contribution is -2.45. The standard InChI is InChI=1S/C14H24O3/c1-2-11-5-3-6-12(9-11)17-14(7-4-8-14)10-13(15)16/h11-12H,2-10H2,1H3,(H,15,16). The smallest absolute Gasteiger partial charge is 0.306 e. The van der Waals surface area contributed by atoms with E-state index >= 15 is 0 Å². The molecule has 0 aromatic heterocycles. The van der Waals surface area contributed by atoms with Gasteiger partial charge in [0.05, 0.1) is 18.1 Å². The van der Waals surface area contributed by atoms with Crippen molar-refractivity contribution in [1.82, 2.24) is 0 Å². The van der Waals surface area contributed by atoms with Gasteiger partial charge in [0, 0.05) is 0 Å². The van der Waals surface area contributed by atoms with Gasteiger partial charge in [-0.3, -0.25) is 4.79 Å². The zero-order valence-corrected chi connectivity index (χ0v) is 10.8. The highest BCUT2D eigenvalue weighted by atomic mass is 16.5. The quantitative estimate of drug-likeness (QED) is 0.801. The van der Waals surface area contributed by atoms with Gasteiger partial charge in [-0.1, -0.05) is 26.2 Å². The average Bonchev–Trinajstić information content (AvgIpc) is 2.26. The molecule has 2 rings (SSSR count). The molecule has 0 amide bonds. The fourth-order valence-corrected chi connectivity index (χ4v) is 3.26. The summed E-state index contributed by atoms with van der Waals surface area (Å²) in [5.41, 5.74) is -0.313. The first-order valence-corrected chi connectivity index (χ1v) is 7.03. The molecule has 2 fully saturated rings. The largest absolute Gasteiger partial charge is 0.481 e. The Labute approximate surface area is 104 Å². The van der Waals surface area contributed by atoms with Crippen LogP contribution in [0, 0.1) is 5.92 Å². The summed E-state index contributed by atoms with van der Waals surface area (Å²) in [6, 6.07) is 0. The van der Waals surface area contributed by atoms with Gasteiger partial charge in [0.2, 0.25) is 0 Å². The highest BCUT2D eigenvalue weighted by molar-refractivity contribution is 5.68. The van der Waals surface area contributed by atoms with Crippen molar-refractivity contribution < 1.29 is 14.6 Å². The minimum absolute atomic E-state index is 0.195. The number of ether oxygens (including phenoxy) is 1. The van der Waals surface area contributed by atoms with Crippen molar-refractivity contribution in [3.63, 3.8) is 0 Å². The second-order valence-corrected chi connectivity index (χ2v) is 5.79. The Balaban J connectivity index is 1.87. The zero-order valence-electron chi connectivity index (χ0n) is 10.8. The van der Waals surface area contributed by atoms with E-state index in [-0.39, 0.29) is 12.0 Å². The number of carboxylic acid groups (broad SMARTS) is 1. The summed E-state index contributed by atoms with van der Waals surface area (Å²) in [5, 5.41) is 8.96. The molecular weight excluding hydrogens is 216 g/mol. The minimum Gasteiger partial charge on any atom is -0.481 e.